The van der Waals surface area contributed by atoms with Crippen LogP contribution in [0.25, 0.3) is 0 Å². The number of nitrogens with two attached hydrogens (primary N) is 1. The van der Waals surface area contributed by atoms with Crippen molar-refractivity contribution in [2.45, 2.75) is 32.2 Å². The second-order valence-corrected chi connectivity index (χ2v) is 5.26. The summed E-state index contributed by atoms with van der Waals surface area (Å²) < 4.78 is 5.84. The third kappa shape index (κ3) is 4.56. The minimum atomic E-state index is 0.387. The van der Waals surface area contributed by atoms with Crippen LogP contribution in [0.2, 0.25) is 0 Å². The monoisotopic (exact) mass is 272 g/mol. The summed E-state index contributed by atoms with van der Waals surface area (Å²) in [6.45, 7) is 5.63. The van der Waals surface area contributed by atoms with Gasteiger partial charge in [-0.05, 0) is 44.5 Å². The lowest BCUT2D eigenvalue weighted by Gasteiger charge is -2.33. The molecule has 1 aliphatic rings. The van der Waals surface area contributed by atoms with Crippen molar-refractivity contribution in [3.63, 3.8) is 0 Å². The lowest BCUT2D eigenvalue weighted by Crippen LogP contribution is -2.39. The standard InChI is InChI=1S/C17H24N2O/c1-15-6-2-3-11-19(15)12-13-20-17-9-4-7-16(14-17)8-5-10-18/h4,7,9,14-15H,2-3,6,10-13,18H2,1H3. The van der Waals surface area contributed by atoms with Gasteiger partial charge in [0.15, 0.2) is 0 Å². The van der Waals surface area contributed by atoms with Crippen LogP contribution in [0, 0.1) is 11.8 Å². The number of hydrogen-bond donors (Lipinski definition) is 1. The molecular formula is C17H24N2O. The Balaban J connectivity index is 1.81. The highest BCUT2D eigenvalue weighted by molar-refractivity contribution is 5.39. The van der Waals surface area contributed by atoms with Crippen LogP contribution in [-0.2, 0) is 0 Å². The molecular weight excluding hydrogens is 248 g/mol. The smallest absolute Gasteiger partial charge is 0.120 e. The van der Waals surface area contributed by atoms with Gasteiger partial charge in [-0.15, -0.1) is 0 Å². The molecule has 1 atom stereocenters. The molecule has 1 aromatic carbocycles. The Morgan fingerprint density at radius 2 is 2.30 bits per heavy atom. The zero-order chi connectivity index (χ0) is 14.2. The Labute approximate surface area is 122 Å². The Bertz CT molecular complexity index is 475. The van der Waals surface area contributed by atoms with Crippen LogP contribution in [-0.4, -0.2) is 37.2 Å². The SMILES string of the molecule is CC1CCCCN1CCOc1cccc(C#CCN)c1. The van der Waals surface area contributed by atoms with Gasteiger partial charge in [-0.25, -0.2) is 0 Å². The number of nitrogens with zero attached hydrogens (tertiary/aromatic N) is 1. The fourth-order valence-electron chi connectivity index (χ4n) is 2.59. The third-order valence-electron chi connectivity index (χ3n) is 3.76. The Morgan fingerprint density at radius 1 is 1.40 bits per heavy atom. The zero-order valence-corrected chi connectivity index (χ0v) is 12.3. The van der Waals surface area contributed by atoms with E-state index in [1.165, 1.54) is 25.8 Å². The van der Waals surface area contributed by atoms with E-state index in [1.807, 2.05) is 24.3 Å². The second kappa shape index (κ2) is 7.94. The molecule has 0 spiro atoms. The maximum absolute atomic E-state index is 5.84. The van der Waals surface area contributed by atoms with Gasteiger partial charge in [-0.2, -0.15) is 0 Å². The summed E-state index contributed by atoms with van der Waals surface area (Å²) in [5, 5.41) is 0. The molecule has 0 aromatic heterocycles. The maximum atomic E-state index is 5.84. The van der Waals surface area contributed by atoms with E-state index in [0.717, 1.165) is 24.5 Å². The Morgan fingerprint density at radius 3 is 3.10 bits per heavy atom. The highest BCUT2D eigenvalue weighted by Crippen LogP contribution is 2.16. The van der Waals surface area contributed by atoms with Crippen molar-refractivity contribution in [1.29, 1.82) is 0 Å². The van der Waals surface area contributed by atoms with E-state index in [-0.39, 0.29) is 0 Å². The van der Waals surface area contributed by atoms with E-state index < -0.39 is 0 Å². The fraction of sp³-hybridized carbons (Fsp3) is 0.529. The summed E-state index contributed by atoms with van der Waals surface area (Å²) in [4.78, 5) is 2.52. The number of likely N-dealkylation sites (tertiary alicyclic amines) is 1. The minimum absolute atomic E-state index is 0.387. The zero-order valence-electron chi connectivity index (χ0n) is 12.3. The van der Waals surface area contributed by atoms with E-state index in [1.54, 1.807) is 0 Å². The molecule has 1 aliphatic heterocycles. The number of piperidine rings is 1. The van der Waals surface area contributed by atoms with Gasteiger partial charge in [0.05, 0.1) is 6.54 Å². The largest absolute Gasteiger partial charge is 0.492 e. The molecule has 0 aliphatic carbocycles. The first-order valence-corrected chi connectivity index (χ1v) is 7.45. The first-order valence-electron chi connectivity index (χ1n) is 7.45. The normalized spacial score (nSPS) is 19.2. The van der Waals surface area contributed by atoms with Gasteiger partial charge in [0, 0.05) is 18.2 Å². The van der Waals surface area contributed by atoms with Crippen molar-refractivity contribution in [2.24, 2.45) is 5.73 Å². The molecule has 0 saturated carbocycles. The van der Waals surface area contributed by atoms with Crippen LogP contribution in [0.4, 0.5) is 0 Å². The van der Waals surface area contributed by atoms with Gasteiger partial charge in [-0.1, -0.05) is 24.3 Å². The first kappa shape index (κ1) is 14.9. The Kier molecular flexibility index (Phi) is 5.91. The summed E-state index contributed by atoms with van der Waals surface area (Å²) in [5.74, 6) is 6.77. The predicted molar refractivity (Wildman–Crippen MR) is 82.8 cm³/mol. The molecule has 1 unspecified atom stereocenters. The number of rotatable bonds is 4. The van der Waals surface area contributed by atoms with E-state index in [4.69, 9.17) is 10.5 Å². The lowest BCUT2D eigenvalue weighted by atomic mass is 10.0. The van der Waals surface area contributed by atoms with Crippen LogP contribution in [0.1, 0.15) is 31.7 Å². The Hall–Kier alpha value is -1.50. The highest BCUT2D eigenvalue weighted by atomic mass is 16.5. The van der Waals surface area contributed by atoms with Crippen molar-refractivity contribution < 1.29 is 4.74 Å². The molecule has 0 radical (unpaired) electrons. The number of hydrogen-bond acceptors (Lipinski definition) is 3. The third-order valence-corrected chi connectivity index (χ3v) is 3.76. The van der Waals surface area contributed by atoms with E-state index in [2.05, 4.69) is 23.7 Å². The van der Waals surface area contributed by atoms with E-state index in [9.17, 15) is 0 Å². The van der Waals surface area contributed by atoms with Crippen LogP contribution >= 0.6 is 0 Å². The van der Waals surface area contributed by atoms with Crippen LogP contribution in [0.15, 0.2) is 24.3 Å². The van der Waals surface area contributed by atoms with Gasteiger partial charge in [0.2, 0.25) is 0 Å². The number of benzene rings is 1. The van der Waals surface area contributed by atoms with Gasteiger partial charge >= 0.3 is 0 Å². The molecule has 3 nitrogen and oxygen atoms in total. The van der Waals surface area contributed by atoms with E-state index >= 15 is 0 Å². The topological polar surface area (TPSA) is 38.5 Å². The minimum Gasteiger partial charge on any atom is -0.492 e. The molecule has 0 amide bonds. The molecule has 1 heterocycles. The summed E-state index contributed by atoms with van der Waals surface area (Å²) in [7, 11) is 0. The summed E-state index contributed by atoms with van der Waals surface area (Å²) in [5.41, 5.74) is 6.34. The summed E-state index contributed by atoms with van der Waals surface area (Å²) in [6, 6.07) is 8.59. The van der Waals surface area contributed by atoms with Crippen LogP contribution in [0.3, 0.4) is 0 Å². The highest BCUT2D eigenvalue weighted by Gasteiger charge is 2.17. The van der Waals surface area contributed by atoms with Crippen molar-refractivity contribution in [1.82, 2.24) is 4.90 Å². The van der Waals surface area contributed by atoms with Crippen LogP contribution in [0.5, 0.6) is 5.75 Å². The predicted octanol–water partition coefficient (Wildman–Crippen LogP) is 2.25. The molecule has 3 heteroatoms. The lowest BCUT2D eigenvalue weighted by molar-refractivity contribution is 0.133. The summed E-state index contributed by atoms with van der Waals surface area (Å²) >= 11 is 0. The summed E-state index contributed by atoms with van der Waals surface area (Å²) in [6.07, 6.45) is 3.99. The molecule has 0 bridgehead atoms. The van der Waals surface area contributed by atoms with Gasteiger partial charge in [0.25, 0.3) is 0 Å². The van der Waals surface area contributed by atoms with Crippen molar-refractivity contribution in [3.05, 3.63) is 29.8 Å². The maximum Gasteiger partial charge on any atom is 0.120 e. The van der Waals surface area contributed by atoms with Gasteiger partial charge in [0.1, 0.15) is 12.4 Å². The molecule has 1 fully saturated rings. The molecule has 108 valence electrons. The molecule has 20 heavy (non-hydrogen) atoms. The number of ether oxygens (including phenoxy) is 1. The fourth-order valence-corrected chi connectivity index (χ4v) is 2.59. The quantitative estimate of drug-likeness (QED) is 0.854. The van der Waals surface area contributed by atoms with Crippen molar-refractivity contribution in [3.8, 4) is 17.6 Å². The molecule has 2 rings (SSSR count). The first-order chi connectivity index (χ1) is 9.79. The average molecular weight is 272 g/mol. The average Bonchev–Trinajstić information content (AvgIpc) is 2.48. The molecule has 2 N–H and O–H groups in total. The van der Waals surface area contributed by atoms with Crippen molar-refractivity contribution >= 4 is 0 Å². The molecule has 1 saturated heterocycles. The van der Waals surface area contributed by atoms with Gasteiger partial charge in [-0.3, -0.25) is 4.90 Å². The van der Waals surface area contributed by atoms with Crippen LogP contribution < -0.4 is 10.5 Å². The van der Waals surface area contributed by atoms with E-state index in [0.29, 0.717) is 12.6 Å². The molecule has 1 aromatic rings. The van der Waals surface area contributed by atoms with Gasteiger partial charge < -0.3 is 10.5 Å². The second-order valence-electron chi connectivity index (χ2n) is 5.26. The van der Waals surface area contributed by atoms with Crippen molar-refractivity contribution in [2.75, 3.05) is 26.2 Å².